The molecule has 0 amide bonds. The number of hydrogen-bond acceptors (Lipinski definition) is 3. The van der Waals surface area contributed by atoms with E-state index in [1.54, 1.807) is 12.1 Å². The van der Waals surface area contributed by atoms with Gasteiger partial charge in [0, 0.05) is 11.6 Å². The van der Waals surface area contributed by atoms with Crippen LogP contribution in [0.15, 0.2) is 12.1 Å². The predicted molar refractivity (Wildman–Crippen MR) is 84.7 cm³/mol. The Morgan fingerprint density at radius 3 is 2.67 bits per heavy atom. The van der Waals surface area contributed by atoms with E-state index in [0.29, 0.717) is 28.0 Å². The van der Waals surface area contributed by atoms with Crippen LogP contribution in [0.1, 0.15) is 36.5 Å². The van der Waals surface area contributed by atoms with Crippen molar-refractivity contribution in [2.45, 2.75) is 26.2 Å². The lowest BCUT2D eigenvalue weighted by molar-refractivity contribution is 0.0495. The van der Waals surface area contributed by atoms with Gasteiger partial charge in [-0.05, 0) is 45.0 Å². The van der Waals surface area contributed by atoms with Crippen LogP contribution in [0.5, 0.6) is 5.75 Å². The second-order valence-corrected chi connectivity index (χ2v) is 7.12. The van der Waals surface area contributed by atoms with E-state index >= 15 is 0 Å². The molecule has 1 aromatic rings. The van der Waals surface area contributed by atoms with Crippen molar-refractivity contribution in [1.82, 2.24) is 4.90 Å². The molecule has 2 heterocycles. The summed E-state index contributed by atoms with van der Waals surface area (Å²) < 4.78 is 5.80. The summed E-state index contributed by atoms with van der Waals surface area (Å²) >= 11 is 12.2. The van der Waals surface area contributed by atoms with Crippen molar-refractivity contribution < 1.29 is 9.53 Å². The topological polar surface area (TPSA) is 29.5 Å². The van der Waals surface area contributed by atoms with Crippen LogP contribution in [0.4, 0.5) is 0 Å². The van der Waals surface area contributed by atoms with E-state index < -0.39 is 5.41 Å². The van der Waals surface area contributed by atoms with Gasteiger partial charge in [-0.15, -0.1) is 0 Å². The first-order valence-corrected chi connectivity index (χ1v) is 8.14. The molecule has 0 spiro atoms. The van der Waals surface area contributed by atoms with Crippen LogP contribution < -0.4 is 4.74 Å². The van der Waals surface area contributed by atoms with Crippen LogP contribution in [0.2, 0.25) is 10.0 Å². The summed E-state index contributed by atoms with van der Waals surface area (Å²) in [5, 5.41) is 0.879. The van der Waals surface area contributed by atoms with E-state index in [-0.39, 0.29) is 5.78 Å². The average Bonchev–Trinajstić information content (AvgIpc) is 2.44. The highest BCUT2D eigenvalue weighted by Crippen LogP contribution is 2.41. The number of benzene rings is 1. The first kappa shape index (κ1) is 15.1. The van der Waals surface area contributed by atoms with E-state index in [4.69, 9.17) is 27.9 Å². The first-order chi connectivity index (χ1) is 9.99. The summed E-state index contributed by atoms with van der Waals surface area (Å²) in [5.74, 6) is 0.556. The zero-order valence-electron chi connectivity index (χ0n) is 12.1. The fraction of sp³-hybridized carbons (Fsp3) is 0.562. The molecule has 0 aliphatic carbocycles. The number of nitrogens with zero attached hydrogens (tertiary/aromatic N) is 1. The normalized spacial score (nSPS) is 26.3. The fourth-order valence-corrected chi connectivity index (χ4v) is 3.77. The Morgan fingerprint density at radius 2 is 1.95 bits per heavy atom. The third-order valence-electron chi connectivity index (χ3n) is 4.36. The molecule has 114 valence electrons. The SMILES string of the molecule is CC1(CN2CCCCC2)COc2c(Cl)cc(Cl)cc2C1=O. The average molecular weight is 328 g/mol. The number of rotatable bonds is 2. The molecule has 1 unspecified atom stereocenters. The number of hydrogen-bond donors (Lipinski definition) is 0. The second-order valence-electron chi connectivity index (χ2n) is 6.28. The molecule has 3 nitrogen and oxygen atoms in total. The molecule has 1 fully saturated rings. The van der Waals surface area contributed by atoms with Crippen molar-refractivity contribution >= 4 is 29.0 Å². The van der Waals surface area contributed by atoms with Gasteiger partial charge in [-0.2, -0.15) is 0 Å². The molecule has 1 aromatic carbocycles. The molecule has 1 atom stereocenters. The third-order valence-corrected chi connectivity index (χ3v) is 4.86. The van der Waals surface area contributed by atoms with Gasteiger partial charge >= 0.3 is 0 Å². The molecule has 3 rings (SSSR count). The van der Waals surface area contributed by atoms with Gasteiger partial charge in [0.2, 0.25) is 0 Å². The van der Waals surface area contributed by atoms with Crippen molar-refractivity contribution in [2.24, 2.45) is 5.41 Å². The molecule has 0 N–H and O–H groups in total. The highest BCUT2D eigenvalue weighted by Gasteiger charge is 2.42. The zero-order valence-corrected chi connectivity index (χ0v) is 13.6. The highest BCUT2D eigenvalue weighted by molar-refractivity contribution is 6.36. The van der Waals surface area contributed by atoms with Crippen molar-refractivity contribution in [3.63, 3.8) is 0 Å². The lowest BCUT2D eigenvalue weighted by Gasteiger charge is -2.39. The lowest BCUT2D eigenvalue weighted by atomic mass is 9.80. The maximum absolute atomic E-state index is 12.9. The van der Waals surface area contributed by atoms with Crippen LogP contribution in [-0.2, 0) is 0 Å². The van der Waals surface area contributed by atoms with Gasteiger partial charge in [0.05, 0.1) is 16.0 Å². The summed E-state index contributed by atoms with van der Waals surface area (Å²) in [4.78, 5) is 15.3. The molecular formula is C16H19Cl2NO2. The number of ether oxygens (including phenoxy) is 1. The lowest BCUT2D eigenvalue weighted by Crippen LogP contribution is -2.48. The Hall–Kier alpha value is -0.770. The Morgan fingerprint density at radius 1 is 1.24 bits per heavy atom. The number of halogens is 2. The molecule has 0 bridgehead atoms. The maximum atomic E-state index is 12.9. The van der Waals surface area contributed by atoms with Crippen LogP contribution in [-0.4, -0.2) is 36.9 Å². The van der Waals surface area contributed by atoms with E-state index in [1.165, 1.54) is 19.3 Å². The summed E-state index contributed by atoms with van der Waals surface area (Å²) in [7, 11) is 0. The molecule has 5 heteroatoms. The molecule has 2 aliphatic heterocycles. The van der Waals surface area contributed by atoms with E-state index in [1.807, 2.05) is 6.92 Å². The molecule has 0 saturated carbocycles. The van der Waals surface area contributed by atoms with Gasteiger partial charge in [0.15, 0.2) is 5.78 Å². The molecule has 0 aromatic heterocycles. The molecule has 21 heavy (non-hydrogen) atoms. The largest absolute Gasteiger partial charge is 0.490 e. The number of Topliss-reactive ketones (excluding diaryl/α,β-unsaturated/α-hetero) is 1. The number of ketones is 1. The Kier molecular flexibility index (Phi) is 4.17. The monoisotopic (exact) mass is 327 g/mol. The van der Waals surface area contributed by atoms with E-state index in [9.17, 15) is 4.79 Å². The number of carbonyl (C=O) groups excluding carboxylic acids is 1. The third kappa shape index (κ3) is 2.92. The Bertz CT molecular complexity index is 570. The van der Waals surface area contributed by atoms with Gasteiger partial charge in [-0.25, -0.2) is 0 Å². The van der Waals surface area contributed by atoms with Gasteiger partial charge in [0.1, 0.15) is 12.4 Å². The van der Waals surface area contributed by atoms with E-state index in [0.717, 1.165) is 19.6 Å². The van der Waals surface area contributed by atoms with Crippen molar-refractivity contribution in [1.29, 1.82) is 0 Å². The van der Waals surface area contributed by atoms with Gasteiger partial charge in [0.25, 0.3) is 0 Å². The zero-order chi connectivity index (χ0) is 15.0. The fourth-order valence-electron chi connectivity index (χ4n) is 3.23. The van der Waals surface area contributed by atoms with Crippen LogP contribution in [0, 0.1) is 5.41 Å². The van der Waals surface area contributed by atoms with Gasteiger partial charge in [-0.1, -0.05) is 29.6 Å². The minimum atomic E-state index is -0.529. The smallest absolute Gasteiger partial charge is 0.177 e. The quantitative estimate of drug-likeness (QED) is 0.820. The molecular weight excluding hydrogens is 309 g/mol. The number of piperidine rings is 1. The van der Waals surface area contributed by atoms with Crippen LogP contribution in [0.25, 0.3) is 0 Å². The number of likely N-dealkylation sites (tertiary alicyclic amines) is 1. The number of fused-ring (bicyclic) bond motifs is 1. The van der Waals surface area contributed by atoms with Crippen molar-refractivity contribution in [3.05, 3.63) is 27.7 Å². The first-order valence-electron chi connectivity index (χ1n) is 7.39. The standard InChI is InChI=1S/C16H19Cl2NO2/c1-16(9-19-5-3-2-4-6-19)10-21-14-12(15(16)20)7-11(17)8-13(14)18/h7-8H,2-6,9-10H2,1H3. The molecule has 2 aliphatic rings. The Labute approximate surface area is 135 Å². The summed E-state index contributed by atoms with van der Waals surface area (Å²) in [6, 6.07) is 3.28. The Balaban J connectivity index is 1.86. The summed E-state index contributed by atoms with van der Waals surface area (Å²) in [5.41, 5.74) is -0.0171. The van der Waals surface area contributed by atoms with Crippen molar-refractivity contribution in [3.8, 4) is 5.75 Å². The van der Waals surface area contributed by atoms with Crippen LogP contribution >= 0.6 is 23.2 Å². The van der Waals surface area contributed by atoms with Gasteiger partial charge in [-0.3, -0.25) is 4.79 Å². The minimum Gasteiger partial charge on any atom is -0.490 e. The van der Waals surface area contributed by atoms with Gasteiger partial charge < -0.3 is 9.64 Å². The molecule has 1 saturated heterocycles. The highest BCUT2D eigenvalue weighted by atomic mass is 35.5. The summed E-state index contributed by atoms with van der Waals surface area (Å²) in [6.45, 7) is 5.20. The maximum Gasteiger partial charge on any atom is 0.177 e. The van der Waals surface area contributed by atoms with Crippen LogP contribution in [0.3, 0.4) is 0 Å². The van der Waals surface area contributed by atoms with E-state index in [2.05, 4.69) is 4.90 Å². The minimum absolute atomic E-state index is 0.0822. The molecule has 0 radical (unpaired) electrons. The predicted octanol–water partition coefficient (Wildman–Crippen LogP) is 4.06. The second kappa shape index (κ2) is 5.79. The number of carbonyl (C=O) groups is 1. The summed E-state index contributed by atoms with van der Waals surface area (Å²) in [6.07, 6.45) is 3.70. The van der Waals surface area contributed by atoms with Crippen molar-refractivity contribution in [2.75, 3.05) is 26.2 Å².